The lowest BCUT2D eigenvalue weighted by molar-refractivity contribution is 0.340. The Labute approximate surface area is 198 Å². The molecule has 0 aliphatic heterocycles. The summed E-state index contributed by atoms with van der Waals surface area (Å²) < 4.78 is 11.2. The molecule has 2 aromatic heterocycles. The van der Waals surface area contributed by atoms with Gasteiger partial charge in [0.15, 0.2) is 5.11 Å². The van der Waals surface area contributed by atoms with Crippen molar-refractivity contribution in [1.29, 1.82) is 0 Å². The molecule has 2 heterocycles. The third kappa shape index (κ3) is 5.43. The number of aromatic nitrogens is 1. The molecule has 170 valence electrons. The molecule has 0 spiro atoms. The molecule has 4 aromatic rings. The maximum absolute atomic E-state index is 12.9. The number of H-pyrrole nitrogens is 1. The third-order valence-corrected chi connectivity index (χ3v) is 5.76. The third-order valence-electron chi connectivity index (χ3n) is 5.40. The first-order valence-electron chi connectivity index (χ1n) is 10.9. The summed E-state index contributed by atoms with van der Waals surface area (Å²) >= 11 is 5.76. The summed E-state index contributed by atoms with van der Waals surface area (Å²) in [4.78, 5) is 17.8. The van der Waals surface area contributed by atoms with Crippen LogP contribution in [0, 0.1) is 13.8 Å². The normalized spacial score (nSPS) is 10.9. The van der Waals surface area contributed by atoms with Gasteiger partial charge in [-0.1, -0.05) is 17.7 Å². The number of hydrogen-bond donors (Lipinski definition) is 2. The lowest BCUT2D eigenvalue weighted by atomic mass is 10.1. The van der Waals surface area contributed by atoms with Crippen molar-refractivity contribution in [2.24, 2.45) is 0 Å². The van der Waals surface area contributed by atoms with Crippen LogP contribution in [-0.4, -0.2) is 21.6 Å². The highest BCUT2D eigenvalue weighted by atomic mass is 32.1. The number of rotatable bonds is 7. The molecular formula is C26H27N3O3S. The average Bonchev–Trinajstić information content (AvgIpc) is 3.29. The molecule has 2 N–H and O–H groups in total. The fourth-order valence-corrected chi connectivity index (χ4v) is 3.99. The summed E-state index contributed by atoms with van der Waals surface area (Å²) in [6, 6.07) is 17.4. The van der Waals surface area contributed by atoms with Crippen LogP contribution in [0.15, 0.2) is 70.1 Å². The SMILES string of the molecule is CCOc1ccc2[nH]c(=O)c(CN(Cc3ccco3)C(=S)Nc3ccc(C)cc3C)cc2c1. The maximum Gasteiger partial charge on any atom is 0.253 e. The minimum Gasteiger partial charge on any atom is -0.494 e. The number of fused-ring (bicyclic) bond motifs is 1. The monoisotopic (exact) mass is 461 g/mol. The smallest absolute Gasteiger partial charge is 0.253 e. The first-order chi connectivity index (χ1) is 15.9. The minimum absolute atomic E-state index is 0.148. The highest BCUT2D eigenvalue weighted by Crippen LogP contribution is 2.21. The Balaban J connectivity index is 1.64. The van der Waals surface area contributed by atoms with E-state index in [1.807, 2.05) is 67.3 Å². The van der Waals surface area contributed by atoms with E-state index in [9.17, 15) is 4.79 Å². The van der Waals surface area contributed by atoms with Gasteiger partial charge in [-0.15, -0.1) is 0 Å². The van der Waals surface area contributed by atoms with Crippen molar-refractivity contribution in [1.82, 2.24) is 9.88 Å². The molecule has 0 atom stereocenters. The van der Waals surface area contributed by atoms with Crippen molar-refractivity contribution in [3.8, 4) is 5.75 Å². The van der Waals surface area contributed by atoms with Crippen LogP contribution in [0.25, 0.3) is 10.9 Å². The van der Waals surface area contributed by atoms with Crippen LogP contribution in [0.1, 0.15) is 29.4 Å². The molecule has 4 rings (SSSR count). The van der Waals surface area contributed by atoms with Gasteiger partial charge in [0.1, 0.15) is 11.5 Å². The van der Waals surface area contributed by atoms with E-state index in [1.54, 1.807) is 6.26 Å². The van der Waals surface area contributed by atoms with Crippen molar-refractivity contribution in [3.05, 3.63) is 93.7 Å². The van der Waals surface area contributed by atoms with E-state index in [4.69, 9.17) is 21.4 Å². The van der Waals surface area contributed by atoms with E-state index in [1.165, 1.54) is 5.56 Å². The number of anilines is 1. The molecule has 0 bridgehead atoms. The number of ether oxygens (including phenoxy) is 1. The van der Waals surface area contributed by atoms with E-state index in [0.29, 0.717) is 30.4 Å². The fourth-order valence-electron chi connectivity index (χ4n) is 3.75. The molecule has 7 heteroatoms. The number of benzene rings is 2. The van der Waals surface area contributed by atoms with Crippen LogP contribution in [0.3, 0.4) is 0 Å². The van der Waals surface area contributed by atoms with Crippen LogP contribution in [0.4, 0.5) is 5.69 Å². The summed E-state index contributed by atoms with van der Waals surface area (Å²) in [5, 5.41) is 4.76. The zero-order valence-electron chi connectivity index (χ0n) is 19.0. The zero-order chi connectivity index (χ0) is 23.4. The molecule has 33 heavy (non-hydrogen) atoms. The van der Waals surface area contributed by atoms with E-state index in [2.05, 4.69) is 23.3 Å². The second-order valence-electron chi connectivity index (χ2n) is 7.99. The van der Waals surface area contributed by atoms with Crippen molar-refractivity contribution < 1.29 is 9.15 Å². The molecule has 0 amide bonds. The number of aromatic amines is 1. The Morgan fingerprint density at radius 1 is 1.12 bits per heavy atom. The number of hydrogen-bond acceptors (Lipinski definition) is 4. The highest BCUT2D eigenvalue weighted by Gasteiger charge is 2.16. The predicted molar refractivity (Wildman–Crippen MR) is 136 cm³/mol. The Hall–Kier alpha value is -3.58. The second-order valence-corrected chi connectivity index (χ2v) is 8.38. The molecule has 0 unspecified atom stereocenters. The van der Waals surface area contributed by atoms with Crippen LogP contribution in [0.2, 0.25) is 0 Å². The van der Waals surface area contributed by atoms with Gasteiger partial charge in [0.05, 0.1) is 26.0 Å². The summed E-state index contributed by atoms with van der Waals surface area (Å²) in [6.45, 7) is 7.37. The Kier molecular flexibility index (Phi) is 6.79. The first kappa shape index (κ1) is 22.6. The lowest BCUT2D eigenvalue weighted by Crippen LogP contribution is -2.35. The zero-order valence-corrected chi connectivity index (χ0v) is 19.8. The van der Waals surface area contributed by atoms with Gasteiger partial charge in [0, 0.05) is 22.2 Å². The molecule has 6 nitrogen and oxygen atoms in total. The van der Waals surface area contributed by atoms with Gasteiger partial charge in [-0.3, -0.25) is 4.79 Å². The Morgan fingerprint density at radius 3 is 2.70 bits per heavy atom. The van der Waals surface area contributed by atoms with Crippen molar-refractivity contribution in [2.75, 3.05) is 11.9 Å². The van der Waals surface area contributed by atoms with Gasteiger partial charge in [-0.2, -0.15) is 0 Å². The quantitative estimate of drug-likeness (QED) is 0.352. The van der Waals surface area contributed by atoms with Crippen molar-refractivity contribution in [3.63, 3.8) is 0 Å². The Bertz CT molecular complexity index is 1330. The number of nitrogens with zero attached hydrogens (tertiary/aromatic N) is 1. The molecule has 0 fully saturated rings. The largest absolute Gasteiger partial charge is 0.494 e. The van der Waals surface area contributed by atoms with Crippen molar-refractivity contribution >= 4 is 33.9 Å². The average molecular weight is 462 g/mol. The van der Waals surface area contributed by atoms with E-state index in [-0.39, 0.29) is 5.56 Å². The van der Waals surface area contributed by atoms with Gasteiger partial charge < -0.3 is 24.4 Å². The van der Waals surface area contributed by atoms with Gasteiger partial charge in [0.25, 0.3) is 5.56 Å². The number of thiocarbonyl (C=S) groups is 1. The number of pyridine rings is 1. The van der Waals surface area contributed by atoms with Crippen LogP contribution >= 0.6 is 12.2 Å². The predicted octanol–water partition coefficient (Wildman–Crippen LogP) is 5.54. The van der Waals surface area contributed by atoms with Gasteiger partial charge in [-0.25, -0.2) is 0 Å². The molecule has 2 aromatic carbocycles. The number of nitrogens with one attached hydrogen (secondary N) is 2. The Morgan fingerprint density at radius 2 is 1.97 bits per heavy atom. The van der Waals surface area contributed by atoms with Gasteiger partial charge in [0.2, 0.25) is 0 Å². The molecule has 0 saturated heterocycles. The summed E-state index contributed by atoms with van der Waals surface area (Å²) in [6.07, 6.45) is 1.63. The molecule has 0 aliphatic rings. The summed E-state index contributed by atoms with van der Waals surface area (Å²) in [5.41, 5.74) is 4.44. The van der Waals surface area contributed by atoms with Gasteiger partial charge >= 0.3 is 0 Å². The van der Waals surface area contributed by atoms with E-state index >= 15 is 0 Å². The van der Waals surface area contributed by atoms with E-state index < -0.39 is 0 Å². The van der Waals surface area contributed by atoms with Crippen molar-refractivity contribution in [2.45, 2.75) is 33.9 Å². The highest BCUT2D eigenvalue weighted by molar-refractivity contribution is 7.80. The van der Waals surface area contributed by atoms with E-state index in [0.717, 1.165) is 33.7 Å². The molecule has 0 radical (unpaired) electrons. The molecule has 0 aliphatic carbocycles. The topological polar surface area (TPSA) is 70.5 Å². The number of aryl methyl sites for hydroxylation is 2. The summed E-state index contributed by atoms with van der Waals surface area (Å²) in [5.74, 6) is 1.53. The second kappa shape index (κ2) is 9.92. The fraction of sp³-hybridized carbons (Fsp3) is 0.231. The maximum atomic E-state index is 12.9. The van der Waals surface area contributed by atoms with Crippen LogP contribution < -0.4 is 15.6 Å². The minimum atomic E-state index is -0.148. The standard InChI is InChI=1S/C26H27N3O3S/c1-4-31-21-8-10-24-19(14-21)13-20(25(30)27-24)15-29(16-22-6-5-11-32-22)26(33)28-23-9-7-17(2)12-18(23)3/h5-14H,4,15-16H2,1-3H3,(H,27,30)(H,28,33). The molecule has 0 saturated carbocycles. The number of furan rings is 1. The molecular weight excluding hydrogens is 434 g/mol. The first-order valence-corrected chi connectivity index (χ1v) is 11.3. The van der Waals surface area contributed by atoms with Crippen LogP contribution in [0.5, 0.6) is 5.75 Å². The lowest BCUT2D eigenvalue weighted by Gasteiger charge is -2.25. The summed E-state index contributed by atoms with van der Waals surface area (Å²) in [7, 11) is 0. The van der Waals surface area contributed by atoms with Crippen LogP contribution in [-0.2, 0) is 13.1 Å². The van der Waals surface area contributed by atoms with Gasteiger partial charge in [-0.05, 0) is 81.0 Å².